The zero-order chi connectivity index (χ0) is 14.0. The van der Waals surface area contributed by atoms with Crippen LogP contribution in [0.25, 0.3) is 0 Å². The largest absolute Gasteiger partial charge is 0.461 e. The van der Waals surface area contributed by atoms with E-state index in [4.69, 9.17) is 10.5 Å². The lowest BCUT2D eigenvalue weighted by molar-refractivity contribution is 0.0521. The molecule has 19 heavy (non-hydrogen) atoms. The third-order valence-electron chi connectivity index (χ3n) is 2.94. The van der Waals surface area contributed by atoms with E-state index in [0.29, 0.717) is 18.2 Å². The number of aromatic nitrogens is 2. The summed E-state index contributed by atoms with van der Waals surface area (Å²) in [6.45, 7) is 5.94. The molecule has 0 amide bonds. The molecule has 0 saturated carbocycles. The van der Waals surface area contributed by atoms with Crippen LogP contribution >= 0.6 is 11.3 Å². The van der Waals surface area contributed by atoms with Gasteiger partial charge in [0.2, 0.25) is 0 Å². The molecular formula is C13H17N3O2S. The average molecular weight is 279 g/mol. The fourth-order valence-corrected chi connectivity index (χ4v) is 2.83. The van der Waals surface area contributed by atoms with Gasteiger partial charge in [-0.1, -0.05) is 6.07 Å². The maximum Gasteiger partial charge on any atom is 0.360 e. The number of anilines is 1. The molecule has 1 unspecified atom stereocenters. The first kappa shape index (κ1) is 13.6. The van der Waals surface area contributed by atoms with Crippen molar-refractivity contribution < 1.29 is 9.53 Å². The second kappa shape index (κ2) is 5.44. The van der Waals surface area contributed by atoms with Gasteiger partial charge < -0.3 is 15.0 Å². The molecule has 5 nitrogen and oxygen atoms in total. The molecule has 0 aromatic carbocycles. The van der Waals surface area contributed by atoms with Crippen LogP contribution in [-0.2, 0) is 4.74 Å². The molecular weight excluding hydrogens is 262 g/mol. The van der Waals surface area contributed by atoms with Crippen molar-refractivity contribution in [2.45, 2.75) is 26.8 Å². The molecule has 6 heteroatoms. The van der Waals surface area contributed by atoms with Gasteiger partial charge in [0.05, 0.1) is 12.6 Å². The summed E-state index contributed by atoms with van der Waals surface area (Å²) in [5, 5.41) is 2.01. The van der Waals surface area contributed by atoms with Gasteiger partial charge in [-0.05, 0) is 32.2 Å². The first-order valence-electron chi connectivity index (χ1n) is 6.11. The van der Waals surface area contributed by atoms with E-state index in [2.05, 4.69) is 4.98 Å². The van der Waals surface area contributed by atoms with E-state index in [1.807, 2.05) is 35.9 Å². The molecule has 1 atom stereocenters. The summed E-state index contributed by atoms with van der Waals surface area (Å²) < 4.78 is 6.81. The first-order chi connectivity index (χ1) is 9.06. The van der Waals surface area contributed by atoms with Gasteiger partial charge in [0.15, 0.2) is 5.69 Å². The molecule has 0 fully saturated rings. The van der Waals surface area contributed by atoms with Gasteiger partial charge in [0.1, 0.15) is 11.6 Å². The van der Waals surface area contributed by atoms with Crippen molar-refractivity contribution in [1.29, 1.82) is 0 Å². The Morgan fingerprint density at radius 1 is 1.63 bits per heavy atom. The Morgan fingerprint density at radius 2 is 2.37 bits per heavy atom. The number of esters is 1. The van der Waals surface area contributed by atoms with Crippen LogP contribution in [0.4, 0.5) is 5.82 Å². The highest BCUT2D eigenvalue weighted by Crippen LogP contribution is 2.28. The van der Waals surface area contributed by atoms with Crippen molar-refractivity contribution in [3.63, 3.8) is 0 Å². The number of hydrogen-bond donors (Lipinski definition) is 1. The van der Waals surface area contributed by atoms with Crippen molar-refractivity contribution in [2.24, 2.45) is 0 Å². The average Bonchev–Trinajstić information content (AvgIpc) is 2.97. The van der Waals surface area contributed by atoms with Gasteiger partial charge in [0.25, 0.3) is 0 Å². The van der Waals surface area contributed by atoms with Crippen molar-refractivity contribution >= 4 is 23.1 Å². The predicted octanol–water partition coefficient (Wildman–Crippen LogP) is 2.62. The van der Waals surface area contributed by atoms with Gasteiger partial charge in [-0.25, -0.2) is 9.78 Å². The number of rotatable bonds is 4. The van der Waals surface area contributed by atoms with E-state index < -0.39 is 5.97 Å². The van der Waals surface area contributed by atoms with Crippen LogP contribution in [0.15, 0.2) is 17.5 Å². The number of nitrogen functional groups attached to an aromatic ring is 1. The van der Waals surface area contributed by atoms with Gasteiger partial charge in [-0.15, -0.1) is 11.3 Å². The Kier molecular flexibility index (Phi) is 3.90. The summed E-state index contributed by atoms with van der Waals surface area (Å²) in [6.07, 6.45) is 0. The van der Waals surface area contributed by atoms with Crippen LogP contribution in [0.3, 0.4) is 0 Å². The minimum absolute atomic E-state index is 0.0516. The Hall–Kier alpha value is -1.82. The fraction of sp³-hybridized carbons (Fsp3) is 0.385. The maximum atomic E-state index is 11.8. The number of thiophene rings is 1. The van der Waals surface area contributed by atoms with E-state index in [9.17, 15) is 4.79 Å². The standard InChI is InChI=1S/C13H17N3O2S/c1-4-18-13(17)11-12(14)16(9(3)15-11)8(2)10-6-5-7-19-10/h5-8H,4,14H2,1-3H3. The number of nitrogens with two attached hydrogens (primary N) is 1. The second-order valence-electron chi connectivity index (χ2n) is 4.17. The van der Waals surface area contributed by atoms with E-state index in [1.54, 1.807) is 18.3 Å². The highest BCUT2D eigenvalue weighted by molar-refractivity contribution is 7.10. The molecule has 0 radical (unpaired) electrons. The van der Waals surface area contributed by atoms with Crippen LogP contribution in [0.2, 0.25) is 0 Å². The maximum absolute atomic E-state index is 11.8. The number of aryl methyl sites for hydroxylation is 1. The lowest BCUT2D eigenvalue weighted by Gasteiger charge is -2.15. The van der Waals surface area contributed by atoms with Crippen molar-refractivity contribution in [3.05, 3.63) is 33.9 Å². The highest BCUT2D eigenvalue weighted by Gasteiger charge is 2.23. The summed E-state index contributed by atoms with van der Waals surface area (Å²) in [7, 11) is 0. The quantitative estimate of drug-likeness (QED) is 0.873. The van der Waals surface area contributed by atoms with E-state index in [1.165, 1.54) is 4.88 Å². The van der Waals surface area contributed by atoms with Gasteiger partial charge in [0, 0.05) is 4.88 Å². The summed E-state index contributed by atoms with van der Waals surface area (Å²) in [4.78, 5) is 17.2. The lowest BCUT2D eigenvalue weighted by Crippen LogP contribution is -2.13. The zero-order valence-electron chi connectivity index (χ0n) is 11.2. The molecule has 2 aromatic heterocycles. The van der Waals surface area contributed by atoms with Gasteiger partial charge >= 0.3 is 5.97 Å². The molecule has 2 N–H and O–H groups in total. The normalized spacial score (nSPS) is 12.4. The molecule has 0 aliphatic heterocycles. The number of carbonyl (C=O) groups excluding carboxylic acids is 1. The Labute approximate surface area is 116 Å². The summed E-state index contributed by atoms with van der Waals surface area (Å²) in [6, 6.07) is 4.08. The Balaban J connectivity index is 2.39. The van der Waals surface area contributed by atoms with E-state index >= 15 is 0 Å². The molecule has 0 aliphatic carbocycles. The molecule has 2 rings (SSSR count). The Bertz CT molecular complexity index is 575. The predicted molar refractivity (Wildman–Crippen MR) is 75.5 cm³/mol. The van der Waals surface area contributed by atoms with E-state index in [-0.39, 0.29) is 11.7 Å². The van der Waals surface area contributed by atoms with Crippen LogP contribution in [-0.4, -0.2) is 22.1 Å². The van der Waals surface area contributed by atoms with E-state index in [0.717, 1.165) is 0 Å². The number of nitrogens with zero attached hydrogens (tertiary/aromatic N) is 2. The summed E-state index contributed by atoms with van der Waals surface area (Å²) in [5.41, 5.74) is 6.24. The van der Waals surface area contributed by atoms with Gasteiger partial charge in [-0.2, -0.15) is 0 Å². The van der Waals surface area contributed by atoms with Crippen molar-refractivity contribution in [2.75, 3.05) is 12.3 Å². The molecule has 0 bridgehead atoms. The molecule has 0 saturated heterocycles. The van der Waals surface area contributed by atoms with Crippen LogP contribution in [0.1, 0.15) is 41.1 Å². The first-order valence-corrected chi connectivity index (χ1v) is 6.99. The number of hydrogen-bond acceptors (Lipinski definition) is 5. The third kappa shape index (κ3) is 2.49. The minimum atomic E-state index is -0.472. The summed E-state index contributed by atoms with van der Waals surface area (Å²) in [5.74, 6) is 0.596. The molecule has 2 heterocycles. The minimum Gasteiger partial charge on any atom is -0.461 e. The molecule has 102 valence electrons. The highest BCUT2D eigenvalue weighted by atomic mass is 32.1. The molecule has 0 spiro atoms. The van der Waals surface area contributed by atoms with Crippen molar-refractivity contribution in [3.8, 4) is 0 Å². The SMILES string of the molecule is CCOC(=O)c1nc(C)n(C(C)c2cccs2)c1N. The zero-order valence-corrected chi connectivity index (χ0v) is 12.0. The number of imidazole rings is 1. The lowest BCUT2D eigenvalue weighted by atomic mass is 10.2. The van der Waals surface area contributed by atoms with Crippen LogP contribution in [0.5, 0.6) is 0 Å². The number of ether oxygens (including phenoxy) is 1. The number of carbonyl (C=O) groups is 1. The van der Waals surface area contributed by atoms with Crippen LogP contribution in [0, 0.1) is 6.92 Å². The monoisotopic (exact) mass is 279 g/mol. The van der Waals surface area contributed by atoms with Gasteiger partial charge in [-0.3, -0.25) is 0 Å². The Morgan fingerprint density at radius 3 is 2.95 bits per heavy atom. The second-order valence-corrected chi connectivity index (χ2v) is 5.15. The summed E-state index contributed by atoms with van der Waals surface area (Å²) >= 11 is 1.65. The molecule has 0 aliphatic rings. The third-order valence-corrected chi connectivity index (χ3v) is 3.98. The smallest absolute Gasteiger partial charge is 0.360 e. The molecule has 2 aromatic rings. The fourth-order valence-electron chi connectivity index (χ4n) is 2.06. The topological polar surface area (TPSA) is 70.1 Å². The van der Waals surface area contributed by atoms with Crippen molar-refractivity contribution in [1.82, 2.24) is 9.55 Å². The van der Waals surface area contributed by atoms with Crippen LogP contribution < -0.4 is 5.73 Å².